The van der Waals surface area contributed by atoms with Crippen molar-refractivity contribution in [2.75, 3.05) is 7.11 Å². The molecule has 5 nitrogen and oxygen atoms in total. The summed E-state index contributed by atoms with van der Waals surface area (Å²) in [5.41, 5.74) is 0.217. The Bertz CT molecular complexity index is 504. The van der Waals surface area contributed by atoms with Gasteiger partial charge in [0.2, 0.25) is 0 Å². The lowest BCUT2D eigenvalue weighted by atomic mass is 9.99. The summed E-state index contributed by atoms with van der Waals surface area (Å²) in [5.74, 6) is -1.41. The standard InChI is InChI=1S/C14H18ClNO4/c1-4-8(2)12(14(18)19)16-13(17)10-7-9(15)5-6-11(10)20-3/h5-8,12H,4H2,1-3H3,(H,16,17)(H,18,19)/t8-,12-/m0/s1. The maximum Gasteiger partial charge on any atom is 0.326 e. The summed E-state index contributed by atoms with van der Waals surface area (Å²) < 4.78 is 5.08. The molecule has 0 heterocycles. The lowest BCUT2D eigenvalue weighted by Gasteiger charge is -2.20. The average molecular weight is 300 g/mol. The van der Waals surface area contributed by atoms with E-state index in [2.05, 4.69) is 5.32 Å². The predicted molar refractivity (Wildman–Crippen MR) is 76.3 cm³/mol. The summed E-state index contributed by atoms with van der Waals surface area (Å²) in [6, 6.07) is 3.67. The molecule has 0 aliphatic carbocycles. The van der Waals surface area contributed by atoms with Crippen molar-refractivity contribution in [3.63, 3.8) is 0 Å². The van der Waals surface area contributed by atoms with Crippen molar-refractivity contribution >= 4 is 23.5 Å². The second-order valence-corrected chi connectivity index (χ2v) is 4.96. The molecule has 20 heavy (non-hydrogen) atoms. The van der Waals surface area contributed by atoms with Crippen molar-refractivity contribution in [3.05, 3.63) is 28.8 Å². The Balaban J connectivity index is 3.00. The molecule has 1 aromatic carbocycles. The summed E-state index contributed by atoms with van der Waals surface area (Å²) in [4.78, 5) is 23.4. The predicted octanol–water partition coefficient (Wildman–Crippen LogP) is 2.58. The number of carboxylic acids is 1. The van der Waals surface area contributed by atoms with Crippen molar-refractivity contribution in [2.45, 2.75) is 26.3 Å². The van der Waals surface area contributed by atoms with E-state index in [1.54, 1.807) is 19.1 Å². The minimum absolute atomic E-state index is 0.179. The molecule has 0 aliphatic heterocycles. The van der Waals surface area contributed by atoms with Gasteiger partial charge in [0, 0.05) is 5.02 Å². The highest BCUT2D eigenvalue weighted by molar-refractivity contribution is 6.31. The first-order valence-electron chi connectivity index (χ1n) is 6.27. The van der Waals surface area contributed by atoms with Gasteiger partial charge >= 0.3 is 5.97 Å². The van der Waals surface area contributed by atoms with E-state index >= 15 is 0 Å². The summed E-state index contributed by atoms with van der Waals surface area (Å²) in [7, 11) is 1.43. The van der Waals surface area contributed by atoms with Crippen molar-refractivity contribution in [2.24, 2.45) is 5.92 Å². The van der Waals surface area contributed by atoms with Gasteiger partial charge in [-0.2, -0.15) is 0 Å². The maximum absolute atomic E-state index is 12.2. The fraction of sp³-hybridized carbons (Fsp3) is 0.429. The van der Waals surface area contributed by atoms with Crippen molar-refractivity contribution in [3.8, 4) is 5.75 Å². The van der Waals surface area contributed by atoms with Gasteiger partial charge in [-0.25, -0.2) is 4.79 Å². The first-order chi connectivity index (χ1) is 9.40. The van der Waals surface area contributed by atoms with Gasteiger partial charge in [-0.1, -0.05) is 31.9 Å². The molecule has 2 atom stereocenters. The molecular formula is C14H18ClNO4. The molecule has 1 rings (SSSR count). The van der Waals surface area contributed by atoms with Gasteiger partial charge in [0.25, 0.3) is 5.91 Å². The lowest BCUT2D eigenvalue weighted by Crippen LogP contribution is -2.45. The number of amides is 1. The van der Waals surface area contributed by atoms with Gasteiger partial charge in [-0.3, -0.25) is 4.79 Å². The van der Waals surface area contributed by atoms with Crippen LogP contribution in [0.1, 0.15) is 30.6 Å². The van der Waals surface area contributed by atoms with Crippen LogP contribution in [-0.2, 0) is 4.79 Å². The first kappa shape index (κ1) is 16.3. The quantitative estimate of drug-likeness (QED) is 0.846. The number of carboxylic acid groups (broad SMARTS) is 1. The number of aliphatic carboxylic acids is 1. The van der Waals surface area contributed by atoms with E-state index in [9.17, 15) is 14.7 Å². The lowest BCUT2D eigenvalue weighted by molar-refractivity contribution is -0.140. The summed E-state index contributed by atoms with van der Waals surface area (Å²) in [6.45, 7) is 3.64. The molecule has 0 saturated heterocycles. The average Bonchev–Trinajstić information content (AvgIpc) is 2.43. The number of hydrogen-bond acceptors (Lipinski definition) is 3. The van der Waals surface area contributed by atoms with Crippen LogP contribution in [0.25, 0.3) is 0 Å². The smallest absolute Gasteiger partial charge is 0.326 e. The van der Waals surface area contributed by atoms with E-state index in [1.807, 2.05) is 6.92 Å². The summed E-state index contributed by atoms with van der Waals surface area (Å²) >= 11 is 5.85. The molecule has 0 unspecified atom stereocenters. The van der Waals surface area contributed by atoms with E-state index in [4.69, 9.17) is 16.3 Å². The largest absolute Gasteiger partial charge is 0.496 e. The number of methoxy groups -OCH3 is 1. The van der Waals surface area contributed by atoms with Gasteiger partial charge in [-0.15, -0.1) is 0 Å². The van der Waals surface area contributed by atoms with E-state index in [1.165, 1.54) is 13.2 Å². The molecule has 1 amide bonds. The van der Waals surface area contributed by atoms with Crippen LogP contribution in [-0.4, -0.2) is 30.1 Å². The fourth-order valence-corrected chi connectivity index (χ4v) is 1.93. The minimum Gasteiger partial charge on any atom is -0.496 e. The Labute approximate surface area is 122 Å². The van der Waals surface area contributed by atoms with Crippen molar-refractivity contribution in [1.29, 1.82) is 0 Å². The Morgan fingerprint density at radius 1 is 1.45 bits per heavy atom. The van der Waals surface area contributed by atoms with E-state index in [0.717, 1.165) is 0 Å². The monoisotopic (exact) mass is 299 g/mol. The third-order valence-electron chi connectivity index (χ3n) is 3.17. The normalized spacial score (nSPS) is 13.4. The maximum atomic E-state index is 12.2. The molecule has 0 radical (unpaired) electrons. The van der Waals surface area contributed by atoms with Crippen LogP contribution in [0.5, 0.6) is 5.75 Å². The van der Waals surface area contributed by atoms with Gasteiger partial charge in [0.05, 0.1) is 12.7 Å². The molecule has 0 bridgehead atoms. The number of carbonyl (C=O) groups is 2. The highest BCUT2D eigenvalue weighted by Gasteiger charge is 2.26. The molecule has 0 saturated carbocycles. The van der Waals surface area contributed by atoms with Crippen molar-refractivity contribution in [1.82, 2.24) is 5.32 Å². The minimum atomic E-state index is -1.06. The van der Waals surface area contributed by atoms with Gasteiger partial charge in [0.15, 0.2) is 0 Å². The highest BCUT2D eigenvalue weighted by atomic mass is 35.5. The van der Waals surface area contributed by atoms with E-state index in [-0.39, 0.29) is 11.5 Å². The number of ether oxygens (including phenoxy) is 1. The van der Waals surface area contributed by atoms with Crippen LogP contribution < -0.4 is 10.1 Å². The Kier molecular flexibility index (Phi) is 5.82. The number of nitrogens with one attached hydrogen (secondary N) is 1. The topological polar surface area (TPSA) is 75.6 Å². The van der Waals surface area contributed by atoms with E-state index < -0.39 is 17.9 Å². The number of rotatable bonds is 6. The molecule has 2 N–H and O–H groups in total. The zero-order chi connectivity index (χ0) is 15.3. The molecule has 0 fully saturated rings. The summed E-state index contributed by atoms with van der Waals surface area (Å²) in [5, 5.41) is 12.1. The first-order valence-corrected chi connectivity index (χ1v) is 6.65. The van der Waals surface area contributed by atoms with Crippen LogP contribution in [0.2, 0.25) is 5.02 Å². The third kappa shape index (κ3) is 3.87. The van der Waals surface area contributed by atoms with Crippen molar-refractivity contribution < 1.29 is 19.4 Å². The molecule has 0 aliphatic rings. The van der Waals surface area contributed by atoms with Gasteiger partial charge in [0.1, 0.15) is 11.8 Å². The second-order valence-electron chi connectivity index (χ2n) is 4.52. The molecule has 6 heteroatoms. The number of halogens is 1. The molecule has 0 spiro atoms. The SMILES string of the molecule is CC[C@H](C)[C@H](NC(=O)c1cc(Cl)ccc1OC)C(=O)O. The van der Waals surface area contributed by atoms with Crippen LogP contribution in [0.3, 0.4) is 0 Å². The van der Waals surface area contributed by atoms with Crippen LogP contribution >= 0.6 is 11.6 Å². The van der Waals surface area contributed by atoms with Crippen LogP contribution in [0.4, 0.5) is 0 Å². The zero-order valence-corrected chi connectivity index (χ0v) is 12.4. The highest BCUT2D eigenvalue weighted by Crippen LogP contribution is 2.23. The van der Waals surface area contributed by atoms with Gasteiger partial charge in [-0.05, 0) is 24.1 Å². The van der Waals surface area contributed by atoms with Gasteiger partial charge < -0.3 is 15.2 Å². The number of hydrogen-bond donors (Lipinski definition) is 2. The molecular weight excluding hydrogens is 282 g/mol. The number of benzene rings is 1. The Hall–Kier alpha value is -1.75. The molecule has 110 valence electrons. The van der Waals surface area contributed by atoms with Crippen LogP contribution in [0, 0.1) is 5.92 Å². The Morgan fingerprint density at radius 3 is 2.60 bits per heavy atom. The summed E-state index contributed by atoms with van der Waals surface area (Å²) in [6.07, 6.45) is 0.643. The third-order valence-corrected chi connectivity index (χ3v) is 3.41. The van der Waals surface area contributed by atoms with E-state index in [0.29, 0.717) is 17.2 Å². The number of carbonyl (C=O) groups excluding carboxylic acids is 1. The fourth-order valence-electron chi connectivity index (χ4n) is 1.76. The second kappa shape index (κ2) is 7.14. The van der Waals surface area contributed by atoms with Crippen LogP contribution in [0.15, 0.2) is 18.2 Å². The Morgan fingerprint density at radius 2 is 2.10 bits per heavy atom. The molecule has 0 aromatic heterocycles. The molecule has 1 aromatic rings. The zero-order valence-electron chi connectivity index (χ0n) is 11.6.